The van der Waals surface area contributed by atoms with Gasteiger partial charge in [-0.2, -0.15) is 0 Å². The second kappa shape index (κ2) is 7.78. The Bertz CT molecular complexity index is 1470. The summed E-state index contributed by atoms with van der Waals surface area (Å²) in [6.45, 7) is 0. The molecule has 2 aliphatic heterocycles. The van der Waals surface area contributed by atoms with E-state index in [1.54, 1.807) is 24.3 Å². The highest BCUT2D eigenvalue weighted by Crippen LogP contribution is 2.37. The van der Waals surface area contributed by atoms with E-state index in [0.29, 0.717) is 0 Å². The molecule has 0 fully saturated rings. The Morgan fingerprint density at radius 1 is 0.417 bits per heavy atom. The number of hydrogen-bond acceptors (Lipinski definition) is 4. The van der Waals surface area contributed by atoms with Crippen LogP contribution in [0.3, 0.4) is 0 Å². The number of fused-ring (bicyclic) bond motifs is 2. The fraction of sp³-hybridized carbons (Fsp3) is 0. The Kier molecular flexibility index (Phi) is 4.65. The van der Waals surface area contributed by atoms with Crippen molar-refractivity contribution in [3.63, 3.8) is 0 Å². The van der Waals surface area contributed by atoms with Gasteiger partial charge in [0.25, 0.3) is 23.6 Å². The Morgan fingerprint density at radius 3 is 1.03 bits per heavy atom. The first-order valence-corrected chi connectivity index (χ1v) is 10.9. The predicted octanol–water partition coefficient (Wildman–Crippen LogP) is 5.23. The third-order valence-corrected chi connectivity index (χ3v) is 6.29. The highest BCUT2D eigenvalue weighted by Gasteiger charge is 2.38. The molecule has 2 aliphatic rings. The molecule has 6 nitrogen and oxygen atoms in total. The molecule has 8 heteroatoms. The number of anilines is 2. The van der Waals surface area contributed by atoms with Crippen LogP contribution < -0.4 is 9.80 Å². The molecule has 4 aromatic rings. The maximum atomic E-state index is 15.0. The normalized spacial score (nSPS) is 14.5. The van der Waals surface area contributed by atoms with Gasteiger partial charge in [-0.1, -0.05) is 24.3 Å². The minimum Gasteiger partial charge on any atom is -0.268 e. The number of hydrogen-bond donors (Lipinski definition) is 0. The van der Waals surface area contributed by atoms with Crippen molar-refractivity contribution in [2.24, 2.45) is 0 Å². The number of nitrogens with zero attached hydrogens (tertiary/aromatic N) is 2. The van der Waals surface area contributed by atoms with Crippen molar-refractivity contribution < 1.29 is 28.0 Å². The predicted molar refractivity (Wildman–Crippen MR) is 127 cm³/mol. The molecule has 4 amide bonds. The molecular formula is C28H14F2N2O4. The zero-order valence-electron chi connectivity index (χ0n) is 18.4. The van der Waals surface area contributed by atoms with Crippen molar-refractivity contribution in [1.29, 1.82) is 0 Å². The third kappa shape index (κ3) is 3.01. The van der Waals surface area contributed by atoms with Gasteiger partial charge in [0.05, 0.1) is 33.6 Å². The lowest BCUT2D eigenvalue weighted by molar-refractivity contribution is 0.0910. The first-order chi connectivity index (χ1) is 17.4. The maximum absolute atomic E-state index is 15.0. The molecule has 2 heterocycles. The van der Waals surface area contributed by atoms with Crippen LogP contribution in [-0.2, 0) is 0 Å². The molecule has 0 radical (unpaired) electrons. The molecule has 0 saturated heterocycles. The van der Waals surface area contributed by atoms with Crippen molar-refractivity contribution in [3.05, 3.63) is 119 Å². The summed E-state index contributed by atoms with van der Waals surface area (Å²) >= 11 is 0. The van der Waals surface area contributed by atoms with Gasteiger partial charge in [0, 0.05) is 11.1 Å². The monoisotopic (exact) mass is 480 g/mol. The fourth-order valence-corrected chi connectivity index (χ4v) is 4.56. The highest BCUT2D eigenvalue weighted by molar-refractivity contribution is 6.35. The Labute approximate surface area is 203 Å². The van der Waals surface area contributed by atoms with Gasteiger partial charge in [0.15, 0.2) is 0 Å². The van der Waals surface area contributed by atoms with E-state index >= 15 is 0 Å². The second-order valence-electron chi connectivity index (χ2n) is 8.31. The molecule has 36 heavy (non-hydrogen) atoms. The first-order valence-electron chi connectivity index (χ1n) is 10.9. The minimum absolute atomic E-state index is 0.0585. The van der Waals surface area contributed by atoms with E-state index in [-0.39, 0.29) is 44.8 Å². The molecule has 0 saturated carbocycles. The van der Waals surface area contributed by atoms with Crippen LogP contribution in [0.4, 0.5) is 20.2 Å². The molecule has 4 aromatic carbocycles. The van der Waals surface area contributed by atoms with Crippen molar-refractivity contribution in [2.45, 2.75) is 0 Å². The summed E-state index contributed by atoms with van der Waals surface area (Å²) < 4.78 is 29.9. The Balaban J connectivity index is 1.43. The largest absolute Gasteiger partial charge is 0.268 e. The molecule has 0 aliphatic carbocycles. The number of carbonyl (C=O) groups is 4. The van der Waals surface area contributed by atoms with Crippen LogP contribution in [0.2, 0.25) is 0 Å². The average molecular weight is 480 g/mol. The second-order valence-corrected chi connectivity index (χ2v) is 8.31. The van der Waals surface area contributed by atoms with E-state index in [0.717, 1.165) is 21.9 Å². The molecule has 0 atom stereocenters. The molecule has 0 N–H and O–H groups in total. The lowest BCUT2D eigenvalue weighted by atomic mass is 10.0. The molecule has 0 spiro atoms. The molecular weight excluding hydrogens is 466 g/mol. The van der Waals surface area contributed by atoms with Gasteiger partial charge in [-0.05, 0) is 60.7 Å². The quantitative estimate of drug-likeness (QED) is 0.376. The van der Waals surface area contributed by atoms with E-state index in [2.05, 4.69) is 0 Å². The number of halogens is 2. The van der Waals surface area contributed by atoms with Gasteiger partial charge in [0.2, 0.25) is 0 Å². The summed E-state index contributed by atoms with van der Waals surface area (Å²) in [5.41, 5.74) is 0.505. The van der Waals surface area contributed by atoms with Crippen LogP contribution in [0.5, 0.6) is 0 Å². The van der Waals surface area contributed by atoms with Gasteiger partial charge in [-0.3, -0.25) is 19.2 Å². The summed E-state index contributed by atoms with van der Waals surface area (Å²) in [7, 11) is 0. The van der Waals surface area contributed by atoms with Gasteiger partial charge < -0.3 is 0 Å². The SMILES string of the molecule is O=C1c2ccccc2C(=O)N1c1ccc(F)c(-c2cc(N3C(=O)c4ccccc4C3=O)ccc2F)c1. The number of amides is 4. The van der Waals surface area contributed by atoms with E-state index in [1.807, 2.05) is 0 Å². The summed E-state index contributed by atoms with van der Waals surface area (Å²) in [5.74, 6) is -3.92. The van der Waals surface area contributed by atoms with Gasteiger partial charge in [-0.25, -0.2) is 18.6 Å². The van der Waals surface area contributed by atoms with Crippen molar-refractivity contribution in [2.75, 3.05) is 9.80 Å². The van der Waals surface area contributed by atoms with Crippen molar-refractivity contribution in [3.8, 4) is 11.1 Å². The van der Waals surface area contributed by atoms with E-state index in [9.17, 15) is 28.0 Å². The van der Waals surface area contributed by atoms with Crippen LogP contribution >= 0.6 is 0 Å². The summed E-state index contributed by atoms with van der Waals surface area (Å²) in [6, 6.07) is 19.6. The molecule has 174 valence electrons. The first kappa shape index (κ1) is 21.5. The van der Waals surface area contributed by atoms with Crippen LogP contribution in [0.1, 0.15) is 41.4 Å². The lowest BCUT2D eigenvalue weighted by Gasteiger charge is -2.18. The summed E-state index contributed by atoms with van der Waals surface area (Å²) in [6.07, 6.45) is 0. The number of imide groups is 2. The van der Waals surface area contributed by atoms with Crippen molar-refractivity contribution in [1.82, 2.24) is 0 Å². The Morgan fingerprint density at radius 2 is 0.722 bits per heavy atom. The lowest BCUT2D eigenvalue weighted by Crippen LogP contribution is -2.29. The van der Waals surface area contributed by atoms with Gasteiger partial charge >= 0.3 is 0 Å². The number of benzene rings is 4. The van der Waals surface area contributed by atoms with Crippen molar-refractivity contribution >= 4 is 35.0 Å². The minimum atomic E-state index is -0.811. The van der Waals surface area contributed by atoms with Crippen LogP contribution in [-0.4, -0.2) is 23.6 Å². The zero-order chi connectivity index (χ0) is 25.1. The molecule has 0 unspecified atom stereocenters. The Hall–Kier alpha value is -4.98. The molecule has 0 aromatic heterocycles. The van der Waals surface area contributed by atoms with E-state index < -0.39 is 35.3 Å². The van der Waals surface area contributed by atoms with Gasteiger partial charge in [0.1, 0.15) is 11.6 Å². The summed E-state index contributed by atoms with van der Waals surface area (Å²) in [4.78, 5) is 53.3. The topological polar surface area (TPSA) is 74.8 Å². The zero-order valence-corrected chi connectivity index (χ0v) is 18.4. The number of rotatable bonds is 3. The average Bonchev–Trinajstić information content (AvgIpc) is 3.30. The fourth-order valence-electron chi connectivity index (χ4n) is 4.56. The summed E-state index contributed by atoms with van der Waals surface area (Å²) in [5, 5.41) is 0. The van der Waals surface area contributed by atoms with E-state index in [1.165, 1.54) is 48.5 Å². The van der Waals surface area contributed by atoms with Crippen LogP contribution in [0.25, 0.3) is 11.1 Å². The maximum Gasteiger partial charge on any atom is 0.266 e. The molecule has 6 rings (SSSR count). The van der Waals surface area contributed by atoms with Crippen LogP contribution in [0.15, 0.2) is 84.9 Å². The smallest absolute Gasteiger partial charge is 0.266 e. The highest BCUT2D eigenvalue weighted by atomic mass is 19.1. The van der Waals surface area contributed by atoms with Gasteiger partial charge in [-0.15, -0.1) is 0 Å². The van der Waals surface area contributed by atoms with Crippen LogP contribution in [0, 0.1) is 11.6 Å². The van der Waals surface area contributed by atoms with E-state index in [4.69, 9.17) is 0 Å². The molecule has 0 bridgehead atoms. The standard InChI is InChI=1S/C28H14F2N2O4/c29-23-11-9-15(31-25(33)17-5-1-2-6-18(17)26(31)34)13-21(23)22-14-16(10-12-24(22)30)32-27(35)19-7-3-4-8-20(19)28(32)36/h1-14H. The number of carbonyl (C=O) groups excluding carboxylic acids is 4. The third-order valence-electron chi connectivity index (χ3n) is 6.29.